The van der Waals surface area contributed by atoms with Gasteiger partial charge in [-0.05, 0) is 29.3 Å². The summed E-state index contributed by atoms with van der Waals surface area (Å²) in [7, 11) is -3.65. The summed E-state index contributed by atoms with van der Waals surface area (Å²) in [5, 5.41) is 4.29. The number of fused-ring (bicyclic) bond motifs is 1. The summed E-state index contributed by atoms with van der Waals surface area (Å²) in [5.74, 6) is -0.693. The summed E-state index contributed by atoms with van der Waals surface area (Å²) < 4.78 is 24.2. The molecule has 0 saturated carbocycles. The van der Waals surface area contributed by atoms with Crippen LogP contribution in [-0.4, -0.2) is 30.0 Å². The van der Waals surface area contributed by atoms with Crippen LogP contribution in [0, 0.1) is 0 Å². The van der Waals surface area contributed by atoms with Crippen LogP contribution in [0.4, 0.5) is 5.69 Å². The summed E-state index contributed by atoms with van der Waals surface area (Å²) in [5.41, 5.74) is 0.380. The van der Waals surface area contributed by atoms with E-state index >= 15 is 0 Å². The molecule has 8 heteroatoms. The molecule has 0 aliphatic carbocycles. The van der Waals surface area contributed by atoms with Crippen molar-refractivity contribution >= 4 is 43.8 Å². The molecule has 2 aromatic carbocycles. The van der Waals surface area contributed by atoms with Gasteiger partial charge in [-0.1, -0.05) is 48.9 Å². The van der Waals surface area contributed by atoms with E-state index in [1.807, 2.05) is 36.4 Å². The van der Waals surface area contributed by atoms with Crippen molar-refractivity contribution in [2.45, 2.75) is 18.5 Å². The first-order chi connectivity index (χ1) is 12.4. The molecule has 3 aromatic rings. The Labute approximate surface area is 156 Å². The van der Waals surface area contributed by atoms with Crippen molar-refractivity contribution in [1.29, 1.82) is 0 Å². The number of nitrogens with zero attached hydrogens (tertiary/aromatic N) is 2. The highest BCUT2D eigenvalue weighted by atomic mass is 35.5. The van der Waals surface area contributed by atoms with Gasteiger partial charge in [-0.25, -0.2) is 18.4 Å². The molecule has 3 rings (SSSR count). The van der Waals surface area contributed by atoms with Gasteiger partial charge in [-0.3, -0.25) is 4.79 Å². The highest BCUT2D eigenvalue weighted by molar-refractivity contribution is 7.91. The number of hydrogen-bond acceptors (Lipinski definition) is 5. The molecular weight excluding hydrogens is 374 g/mol. The van der Waals surface area contributed by atoms with E-state index in [-0.39, 0.29) is 16.5 Å². The van der Waals surface area contributed by atoms with Crippen LogP contribution in [0.1, 0.15) is 23.8 Å². The van der Waals surface area contributed by atoms with Gasteiger partial charge in [-0.2, -0.15) is 0 Å². The van der Waals surface area contributed by atoms with Gasteiger partial charge in [0.25, 0.3) is 5.91 Å². The molecule has 26 heavy (non-hydrogen) atoms. The number of hydrogen-bond donors (Lipinski definition) is 1. The van der Waals surface area contributed by atoms with Gasteiger partial charge in [0.15, 0.2) is 5.69 Å². The van der Waals surface area contributed by atoms with Gasteiger partial charge in [0.2, 0.25) is 15.0 Å². The molecule has 1 amide bonds. The molecule has 0 aliphatic heterocycles. The van der Waals surface area contributed by atoms with E-state index in [0.717, 1.165) is 17.0 Å². The number of aromatic nitrogens is 2. The summed E-state index contributed by atoms with van der Waals surface area (Å²) in [6, 6.07) is 13.2. The highest BCUT2D eigenvalue weighted by Gasteiger charge is 2.21. The van der Waals surface area contributed by atoms with E-state index < -0.39 is 20.9 Å². The lowest BCUT2D eigenvalue weighted by atomic mass is 10.1. The quantitative estimate of drug-likeness (QED) is 0.672. The third-order valence-corrected chi connectivity index (χ3v) is 5.67. The molecule has 1 N–H and O–H groups in total. The number of carbonyl (C=O) groups excluding carboxylic acids is 1. The first-order valence-electron chi connectivity index (χ1n) is 7.96. The molecule has 0 fully saturated rings. The molecule has 0 spiro atoms. The van der Waals surface area contributed by atoms with Crippen molar-refractivity contribution in [3.8, 4) is 0 Å². The summed E-state index contributed by atoms with van der Waals surface area (Å²) >= 11 is 6.00. The minimum Gasteiger partial charge on any atom is -0.321 e. The maximum atomic E-state index is 12.5. The van der Waals surface area contributed by atoms with Crippen molar-refractivity contribution < 1.29 is 13.2 Å². The normalized spacial score (nSPS) is 11.5. The predicted molar refractivity (Wildman–Crippen MR) is 101 cm³/mol. The lowest BCUT2D eigenvalue weighted by Crippen LogP contribution is -2.18. The van der Waals surface area contributed by atoms with Crippen molar-refractivity contribution in [2.75, 3.05) is 11.1 Å². The average Bonchev–Trinajstić information content (AvgIpc) is 2.61. The number of anilines is 1. The van der Waals surface area contributed by atoms with Crippen LogP contribution in [0.3, 0.4) is 0 Å². The van der Waals surface area contributed by atoms with Gasteiger partial charge in [0.1, 0.15) is 0 Å². The van der Waals surface area contributed by atoms with Gasteiger partial charge >= 0.3 is 0 Å². The molecule has 6 nitrogen and oxygen atoms in total. The van der Waals surface area contributed by atoms with Crippen molar-refractivity contribution in [3.63, 3.8) is 0 Å². The second-order valence-electron chi connectivity index (χ2n) is 5.68. The first-order valence-corrected chi connectivity index (χ1v) is 9.99. The van der Waals surface area contributed by atoms with E-state index in [0.29, 0.717) is 12.1 Å². The van der Waals surface area contributed by atoms with E-state index in [4.69, 9.17) is 11.6 Å². The topological polar surface area (TPSA) is 89.0 Å². The Bertz CT molecular complexity index is 1080. The molecule has 134 valence electrons. The Balaban J connectivity index is 1.91. The minimum atomic E-state index is -3.65. The highest BCUT2D eigenvalue weighted by Crippen LogP contribution is 2.21. The van der Waals surface area contributed by atoms with E-state index in [1.165, 1.54) is 0 Å². The zero-order chi connectivity index (χ0) is 18.7. The fourth-order valence-corrected chi connectivity index (χ4v) is 3.82. The smallest absolute Gasteiger partial charge is 0.275 e. The molecule has 1 heterocycles. The third-order valence-electron chi connectivity index (χ3n) is 3.70. The zero-order valence-electron chi connectivity index (χ0n) is 13.9. The Morgan fingerprint density at radius 3 is 2.62 bits per heavy atom. The van der Waals surface area contributed by atoms with Gasteiger partial charge in [-0.15, -0.1) is 0 Å². The Morgan fingerprint density at radius 2 is 1.88 bits per heavy atom. The number of nitrogens with one attached hydrogen (secondary N) is 1. The SMILES string of the molecule is CCCS(=O)(=O)c1ncc(Cl)c(C(=O)Nc2ccc3ccccc3c2)n1. The molecule has 0 unspecified atom stereocenters. The Hall–Kier alpha value is -2.51. The van der Waals surface area contributed by atoms with Crippen LogP contribution in [0.2, 0.25) is 5.02 Å². The van der Waals surface area contributed by atoms with Crippen molar-refractivity contribution in [1.82, 2.24) is 9.97 Å². The van der Waals surface area contributed by atoms with Crippen LogP contribution >= 0.6 is 11.6 Å². The average molecular weight is 390 g/mol. The van der Waals surface area contributed by atoms with Crippen LogP contribution in [0.15, 0.2) is 53.8 Å². The summed E-state index contributed by atoms with van der Waals surface area (Å²) in [4.78, 5) is 20.2. The lowest BCUT2D eigenvalue weighted by molar-refractivity contribution is 0.102. The molecule has 0 saturated heterocycles. The fraction of sp³-hybridized carbons (Fsp3) is 0.167. The van der Waals surface area contributed by atoms with Crippen LogP contribution < -0.4 is 5.32 Å². The lowest BCUT2D eigenvalue weighted by Gasteiger charge is -2.08. The minimum absolute atomic E-state index is 0.0151. The predicted octanol–water partition coefficient (Wildman–Crippen LogP) is 3.72. The molecule has 0 aliphatic rings. The number of benzene rings is 2. The van der Waals surface area contributed by atoms with Gasteiger partial charge in [0.05, 0.1) is 17.0 Å². The molecule has 0 atom stereocenters. The Kier molecular flexibility index (Phi) is 5.20. The van der Waals surface area contributed by atoms with Gasteiger partial charge in [0, 0.05) is 5.69 Å². The monoisotopic (exact) mass is 389 g/mol. The van der Waals surface area contributed by atoms with Crippen LogP contribution in [0.5, 0.6) is 0 Å². The van der Waals surface area contributed by atoms with Crippen LogP contribution in [0.25, 0.3) is 10.8 Å². The Morgan fingerprint density at radius 1 is 1.15 bits per heavy atom. The summed E-state index contributed by atoms with van der Waals surface area (Å²) in [6.07, 6.45) is 1.55. The van der Waals surface area contributed by atoms with E-state index in [2.05, 4.69) is 15.3 Å². The number of amides is 1. The second-order valence-corrected chi connectivity index (χ2v) is 8.09. The first kappa shape index (κ1) is 18.3. The number of halogens is 1. The summed E-state index contributed by atoms with van der Waals surface area (Å²) in [6.45, 7) is 1.74. The maximum absolute atomic E-state index is 12.5. The molecule has 0 radical (unpaired) electrons. The molecular formula is C18H16ClN3O3S. The fourth-order valence-electron chi connectivity index (χ4n) is 2.48. The van der Waals surface area contributed by atoms with E-state index in [9.17, 15) is 13.2 Å². The van der Waals surface area contributed by atoms with Crippen LogP contribution in [-0.2, 0) is 9.84 Å². The van der Waals surface area contributed by atoms with Crippen molar-refractivity contribution in [2.24, 2.45) is 0 Å². The van der Waals surface area contributed by atoms with E-state index in [1.54, 1.807) is 13.0 Å². The zero-order valence-corrected chi connectivity index (χ0v) is 15.5. The molecule has 0 bridgehead atoms. The third kappa shape index (κ3) is 3.84. The van der Waals surface area contributed by atoms with Gasteiger partial charge < -0.3 is 5.32 Å². The molecule has 1 aromatic heterocycles. The number of sulfone groups is 1. The number of carbonyl (C=O) groups is 1. The number of rotatable bonds is 5. The standard InChI is InChI=1S/C18H16ClN3O3S/c1-2-9-26(24,25)18-20-11-15(19)16(22-18)17(23)21-14-8-7-12-5-3-4-6-13(12)10-14/h3-8,10-11H,2,9H2,1H3,(H,21,23). The van der Waals surface area contributed by atoms with Crippen molar-refractivity contribution in [3.05, 3.63) is 59.4 Å². The maximum Gasteiger partial charge on any atom is 0.275 e. The largest absolute Gasteiger partial charge is 0.321 e. The second kappa shape index (κ2) is 7.39.